The van der Waals surface area contributed by atoms with Gasteiger partial charge in [-0.15, -0.1) is 5.10 Å². The van der Waals surface area contributed by atoms with E-state index in [1.54, 1.807) is 13.8 Å². The highest BCUT2D eigenvalue weighted by molar-refractivity contribution is 5.95. The van der Waals surface area contributed by atoms with E-state index in [9.17, 15) is 27.6 Å². The molecule has 13 heteroatoms. The normalized spacial score (nSPS) is 11.6. The second kappa shape index (κ2) is 9.71. The van der Waals surface area contributed by atoms with Crippen LogP contribution in [0.3, 0.4) is 0 Å². The van der Waals surface area contributed by atoms with Crippen molar-refractivity contribution in [3.63, 3.8) is 0 Å². The second-order valence-electron chi connectivity index (χ2n) is 7.22. The summed E-state index contributed by atoms with van der Waals surface area (Å²) >= 11 is 0. The van der Waals surface area contributed by atoms with Crippen LogP contribution in [0.25, 0.3) is 5.78 Å². The molecule has 0 atom stereocenters. The predicted octanol–water partition coefficient (Wildman–Crippen LogP) is 1.72. The van der Waals surface area contributed by atoms with Crippen molar-refractivity contribution in [1.29, 1.82) is 0 Å². The number of fused-ring (bicyclic) bond motifs is 1. The number of hydrogen-bond acceptors (Lipinski definition) is 7. The van der Waals surface area contributed by atoms with Gasteiger partial charge in [-0.05, 0) is 31.7 Å². The third-order valence-electron chi connectivity index (χ3n) is 4.17. The number of urea groups is 1. The van der Waals surface area contributed by atoms with Gasteiger partial charge in [-0.3, -0.25) is 14.9 Å². The fourth-order valence-electron chi connectivity index (χ4n) is 2.64. The molecule has 2 heterocycles. The van der Waals surface area contributed by atoms with Gasteiger partial charge >= 0.3 is 18.2 Å². The molecule has 0 saturated carbocycles. The summed E-state index contributed by atoms with van der Waals surface area (Å²) in [6.45, 7) is 6.64. The Balaban J connectivity index is 1.93. The SMILES string of the molecule is Cc1nc2nc(C(F)(F)F)nn2c(C)c1CCC(=O)OCC(=O)NC(=O)NCC(C)C. The molecule has 0 radical (unpaired) electrons. The zero-order valence-corrected chi connectivity index (χ0v) is 17.5. The summed E-state index contributed by atoms with van der Waals surface area (Å²) in [5.41, 5.74) is 1.27. The Labute approximate surface area is 175 Å². The number of hydrogen-bond donors (Lipinski definition) is 2. The number of ether oxygens (including phenoxy) is 1. The summed E-state index contributed by atoms with van der Waals surface area (Å²) < 4.78 is 44.3. The molecule has 0 aliphatic carbocycles. The highest BCUT2D eigenvalue weighted by Crippen LogP contribution is 2.27. The number of imide groups is 1. The Morgan fingerprint density at radius 3 is 2.45 bits per heavy atom. The van der Waals surface area contributed by atoms with Gasteiger partial charge in [0, 0.05) is 24.4 Å². The van der Waals surface area contributed by atoms with Crippen molar-refractivity contribution >= 4 is 23.7 Å². The molecule has 0 spiro atoms. The third-order valence-corrected chi connectivity index (χ3v) is 4.17. The van der Waals surface area contributed by atoms with Crippen molar-refractivity contribution in [3.8, 4) is 0 Å². The molecule has 0 fully saturated rings. The fourth-order valence-corrected chi connectivity index (χ4v) is 2.64. The fraction of sp³-hybridized carbons (Fsp3) is 0.556. The van der Waals surface area contributed by atoms with E-state index in [0.717, 1.165) is 4.52 Å². The highest BCUT2D eigenvalue weighted by Gasteiger charge is 2.37. The van der Waals surface area contributed by atoms with Crippen LogP contribution >= 0.6 is 0 Å². The maximum absolute atomic E-state index is 12.8. The number of esters is 1. The summed E-state index contributed by atoms with van der Waals surface area (Å²) in [7, 11) is 0. The third kappa shape index (κ3) is 6.62. The Bertz CT molecular complexity index is 987. The Kier molecular flexibility index (Phi) is 7.52. The van der Waals surface area contributed by atoms with E-state index in [0.29, 0.717) is 23.5 Å². The van der Waals surface area contributed by atoms with E-state index in [2.05, 4.69) is 20.4 Å². The van der Waals surface area contributed by atoms with Gasteiger partial charge in [-0.1, -0.05) is 13.8 Å². The van der Waals surface area contributed by atoms with Crippen LogP contribution in [0.2, 0.25) is 0 Å². The molecule has 0 aromatic carbocycles. The summed E-state index contributed by atoms with van der Waals surface area (Å²) in [4.78, 5) is 42.5. The Hall–Kier alpha value is -3.25. The van der Waals surface area contributed by atoms with E-state index in [4.69, 9.17) is 4.74 Å². The molecule has 2 aromatic rings. The average molecular weight is 444 g/mol. The minimum absolute atomic E-state index is 0.108. The molecule has 2 rings (SSSR count). The summed E-state index contributed by atoms with van der Waals surface area (Å²) in [5.74, 6) is -2.79. The van der Waals surface area contributed by atoms with E-state index >= 15 is 0 Å². The van der Waals surface area contributed by atoms with E-state index in [1.165, 1.54) is 0 Å². The standard InChI is InChI=1S/C18H23F3N6O4/c1-9(2)7-22-17(30)24-13(28)8-31-14(29)6-5-12-10(3)23-16-25-15(18(19,20)21)26-27(16)11(12)4/h9H,5-8H2,1-4H3,(H2,22,24,28,30). The van der Waals surface area contributed by atoms with Crippen molar-refractivity contribution in [2.75, 3.05) is 13.2 Å². The molecule has 0 unspecified atom stereocenters. The molecule has 0 aliphatic heterocycles. The van der Waals surface area contributed by atoms with E-state index in [1.807, 2.05) is 19.2 Å². The number of halogens is 3. The first-order chi connectivity index (χ1) is 14.4. The monoisotopic (exact) mass is 444 g/mol. The number of carbonyl (C=O) groups excluding carboxylic acids is 3. The van der Waals surface area contributed by atoms with Gasteiger partial charge in [-0.2, -0.15) is 18.2 Å². The van der Waals surface area contributed by atoms with Crippen LogP contribution in [-0.2, 0) is 26.9 Å². The van der Waals surface area contributed by atoms with Crippen LogP contribution in [0, 0.1) is 19.8 Å². The van der Waals surface area contributed by atoms with Gasteiger partial charge in [0.15, 0.2) is 6.61 Å². The topological polar surface area (TPSA) is 128 Å². The molecule has 31 heavy (non-hydrogen) atoms. The van der Waals surface area contributed by atoms with E-state index < -0.39 is 36.5 Å². The van der Waals surface area contributed by atoms with Gasteiger partial charge in [0.2, 0.25) is 0 Å². The largest absolute Gasteiger partial charge is 0.456 e. The van der Waals surface area contributed by atoms with Crippen LogP contribution in [0.5, 0.6) is 0 Å². The van der Waals surface area contributed by atoms with Crippen molar-refractivity contribution < 1.29 is 32.3 Å². The van der Waals surface area contributed by atoms with Crippen LogP contribution in [0.1, 0.15) is 43.0 Å². The number of aryl methyl sites for hydroxylation is 2. The molecule has 0 aliphatic rings. The van der Waals surface area contributed by atoms with Crippen LogP contribution < -0.4 is 10.6 Å². The molecule has 2 aromatic heterocycles. The summed E-state index contributed by atoms with van der Waals surface area (Å²) in [6, 6.07) is -0.688. The number of nitrogens with one attached hydrogen (secondary N) is 2. The lowest BCUT2D eigenvalue weighted by atomic mass is 10.1. The maximum atomic E-state index is 12.8. The predicted molar refractivity (Wildman–Crippen MR) is 101 cm³/mol. The molecular weight excluding hydrogens is 421 g/mol. The first-order valence-corrected chi connectivity index (χ1v) is 9.41. The molecule has 3 amide bonds. The van der Waals surface area contributed by atoms with Crippen molar-refractivity contribution in [3.05, 3.63) is 22.8 Å². The van der Waals surface area contributed by atoms with Crippen LogP contribution in [0.4, 0.5) is 18.0 Å². The number of rotatable bonds is 7. The van der Waals surface area contributed by atoms with Crippen molar-refractivity contribution in [1.82, 2.24) is 30.2 Å². The zero-order valence-electron chi connectivity index (χ0n) is 17.5. The maximum Gasteiger partial charge on any atom is 0.453 e. The minimum Gasteiger partial charge on any atom is -0.456 e. The number of amides is 3. The van der Waals surface area contributed by atoms with Gasteiger partial charge in [0.1, 0.15) is 0 Å². The quantitative estimate of drug-likeness (QED) is 0.623. The van der Waals surface area contributed by atoms with Crippen molar-refractivity contribution in [2.45, 2.75) is 46.7 Å². The second-order valence-corrected chi connectivity index (χ2v) is 7.22. The van der Waals surface area contributed by atoms with Crippen LogP contribution in [-0.4, -0.2) is 50.6 Å². The smallest absolute Gasteiger partial charge is 0.453 e. The average Bonchev–Trinajstić information content (AvgIpc) is 3.09. The number of aromatic nitrogens is 4. The lowest BCUT2D eigenvalue weighted by molar-refractivity contribution is -0.148. The van der Waals surface area contributed by atoms with Gasteiger partial charge in [-0.25, -0.2) is 14.3 Å². The first-order valence-electron chi connectivity index (χ1n) is 9.41. The molecular formula is C18H23F3N6O4. The molecule has 10 nitrogen and oxygen atoms in total. The summed E-state index contributed by atoms with van der Waals surface area (Å²) in [5, 5.41) is 7.95. The molecule has 0 bridgehead atoms. The molecule has 2 N–H and O–H groups in total. The number of nitrogens with zero attached hydrogens (tertiary/aromatic N) is 4. The zero-order chi connectivity index (χ0) is 23.3. The Morgan fingerprint density at radius 2 is 1.84 bits per heavy atom. The van der Waals surface area contributed by atoms with Crippen LogP contribution in [0.15, 0.2) is 0 Å². The minimum atomic E-state index is -4.70. The molecule has 170 valence electrons. The highest BCUT2D eigenvalue weighted by atomic mass is 19.4. The van der Waals surface area contributed by atoms with E-state index in [-0.39, 0.29) is 24.5 Å². The Morgan fingerprint density at radius 1 is 1.16 bits per heavy atom. The first kappa shape index (κ1) is 24.0. The van der Waals surface area contributed by atoms with Gasteiger partial charge in [0.25, 0.3) is 17.5 Å². The van der Waals surface area contributed by atoms with Gasteiger partial charge < -0.3 is 10.1 Å². The van der Waals surface area contributed by atoms with Crippen molar-refractivity contribution in [2.24, 2.45) is 5.92 Å². The van der Waals surface area contributed by atoms with Gasteiger partial charge in [0.05, 0.1) is 0 Å². The molecule has 0 saturated heterocycles. The number of carbonyl (C=O) groups is 3. The summed E-state index contributed by atoms with van der Waals surface area (Å²) in [6.07, 6.45) is -4.75. The number of alkyl halides is 3. The lowest BCUT2D eigenvalue weighted by Gasteiger charge is -2.11. The lowest BCUT2D eigenvalue weighted by Crippen LogP contribution is -2.42.